The minimum absolute atomic E-state index is 0.263. The van der Waals surface area contributed by atoms with E-state index in [1.807, 2.05) is 6.92 Å². The van der Waals surface area contributed by atoms with Crippen LogP contribution in [0.5, 0.6) is 0 Å². The van der Waals surface area contributed by atoms with Crippen LogP contribution in [0.1, 0.15) is 20.3 Å². The maximum atomic E-state index is 10.5. The standard InChI is InChI=1S/C9H14O3/c1-4-6-12-8(5-2)7(3)9(10)11/h4H,1,5-6H2,2-3H3,(H,10,11). The Bertz CT molecular complexity index is 204. The largest absolute Gasteiger partial charge is 0.493 e. The van der Waals surface area contributed by atoms with Crippen molar-refractivity contribution < 1.29 is 14.6 Å². The summed E-state index contributed by atoms with van der Waals surface area (Å²) in [7, 11) is 0. The molecule has 3 nitrogen and oxygen atoms in total. The Hall–Kier alpha value is -1.25. The van der Waals surface area contributed by atoms with Crippen LogP contribution in [-0.4, -0.2) is 17.7 Å². The molecule has 0 heterocycles. The van der Waals surface area contributed by atoms with Crippen LogP contribution in [0.2, 0.25) is 0 Å². The third-order valence-electron chi connectivity index (χ3n) is 1.44. The van der Waals surface area contributed by atoms with Gasteiger partial charge >= 0.3 is 5.97 Å². The van der Waals surface area contributed by atoms with Crippen molar-refractivity contribution in [2.75, 3.05) is 6.61 Å². The molecule has 3 heteroatoms. The Balaban J connectivity index is 4.38. The third kappa shape index (κ3) is 3.23. The monoisotopic (exact) mass is 170 g/mol. The zero-order valence-electron chi connectivity index (χ0n) is 7.46. The fourth-order valence-electron chi connectivity index (χ4n) is 0.754. The van der Waals surface area contributed by atoms with Gasteiger partial charge in [0.15, 0.2) is 0 Å². The highest BCUT2D eigenvalue weighted by Crippen LogP contribution is 2.09. The molecule has 0 rings (SSSR count). The summed E-state index contributed by atoms with van der Waals surface area (Å²) in [4.78, 5) is 10.5. The van der Waals surface area contributed by atoms with E-state index in [9.17, 15) is 4.79 Å². The molecule has 0 aliphatic carbocycles. The number of carboxylic acid groups (broad SMARTS) is 1. The highest BCUT2D eigenvalue weighted by molar-refractivity contribution is 5.86. The Morgan fingerprint density at radius 1 is 1.67 bits per heavy atom. The van der Waals surface area contributed by atoms with E-state index in [1.165, 1.54) is 6.92 Å². The zero-order valence-corrected chi connectivity index (χ0v) is 7.46. The molecule has 0 amide bonds. The molecule has 0 fully saturated rings. The molecule has 0 aliphatic rings. The first-order valence-corrected chi connectivity index (χ1v) is 3.80. The van der Waals surface area contributed by atoms with Gasteiger partial charge in [-0.2, -0.15) is 0 Å². The summed E-state index contributed by atoms with van der Waals surface area (Å²) >= 11 is 0. The molecule has 68 valence electrons. The first kappa shape index (κ1) is 10.8. The number of hydrogen-bond acceptors (Lipinski definition) is 2. The number of ether oxygens (including phenoxy) is 1. The Kier molecular flexibility index (Phi) is 4.84. The first-order chi connectivity index (χ1) is 5.63. The van der Waals surface area contributed by atoms with Gasteiger partial charge in [0.2, 0.25) is 0 Å². The maximum absolute atomic E-state index is 10.5. The van der Waals surface area contributed by atoms with E-state index in [0.717, 1.165) is 0 Å². The van der Waals surface area contributed by atoms with Crippen molar-refractivity contribution >= 4 is 5.97 Å². The van der Waals surface area contributed by atoms with Crippen LogP contribution < -0.4 is 0 Å². The molecule has 0 aromatic carbocycles. The number of carbonyl (C=O) groups is 1. The predicted octanol–water partition coefficient (Wildman–Crippen LogP) is 1.96. The molecular formula is C9H14O3. The average molecular weight is 170 g/mol. The highest BCUT2D eigenvalue weighted by atomic mass is 16.5. The first-order valence-electron chi connectivity index (χ1n) is 3.80. The van der Waals surface area contributed by atoms with Crippen molar-refractivity contribution in [1.29, 1.82) is 0 Å². The van der Waals surface area contributed by atoms with E-state index < -0.39 is 5.97 Å². The Morgan fingerprint density at radius 2 is 2.25 bits per heavy atom. The van der Waals surface area contributed by atoms with Gasteiger partial charge in [-0.25, -0.2) is 4.79 Å². The molecule has 0 spiro atoms. The molecule has 0 saturated carbocycles. The smallest absolute Gasteiger partial charge is 0.334 e. The van der Waals surface area contributed by atoms with Crippen LogP contribution in [0.4, 0.5) is 0 Å². The molecule has 0 aromatic heterocycles. The summed E-state index contributed by atoms with van der Waals surface area (Å²) in [6.45, 7) is 7.22. The lowest BCUT2D eigenvalue weighted by Crippen LogP contribution is -2.03. The second-order valence-electron chi connectivity index (χ2n) is 2.31. The summed E-state index contributed by atoms with van der Waals surface area (Å²) in [6, 6.07) is 0. The van der Waals surface area contributed by atoms with Crippen molar-refractivity contribution in [2.24, 2.45) is 0 Å². The lowest BCUT2D eigenvalue weighted by molar-refractivity contribution is -0.132. The van der Waals surface area contributed by atoms with Gasteiger partial charge in [-0.1, -0.05) is 19.6 Å². The molecule has 0 bridgehead atoms. The van der Waals surface area contributed by atoms with Crippen molar-refractivity contribution in [3.05, 3.63) is 24.0 Å². The van der Waals surface area contributed by atoms with Gasteiger partial charge in [0.05, 0.1) is 5.57 Å². The second kappa shape index (κ2) is 5.41. The summed E-state index contributed by atoms with van der Waals surface area (Å²) in [5.74, 6) is -0.418. The minimum Gasteiger partial charge on any atom is -0.493 e. The van der Waals surface area contributed by atoms with Gasteiger partial charge in [-0.3, -0.25) is 0 Å². The highest BCUT2D eigenvalue weighted by Gasteiger charge is 2.07. The summed E-state index contributed by atoms with van der Waals surface area (Å²) in [6.07, 6.45) is 2.18. The SMILES string of the molecule is C=CCOC(CC)=C(C)C(=O)O. The molecule has 0 saturated heterocycles. The lowest BCUT2D eigenvalue weighted by Gasteiger charge is -2.07. The van der Waals surface area contributed by atoms with Gasteiger partial charge in [0, 0.05) is 6.42 Å². The molecule has 12 heavy (non-hydrogen) atoms. The van der Waals surface area contributed by atoms with Crippen LogP contribution in [-0.2, 0) is 9.53 Å². The zero-order chi connectivity index (χ0) is 9.56. The fraction of sp³-hybridized carbons (Fsp3) is 0.444. The van der Waals surface area contributed by atoms with Crippen molar-refractivity contribution in [2.45, 2.75) is 20.3 Å². The van der Waals surface area contributed by atoms with Crippen LogP contribution in [0.15, 0.2) is 24.0 Å². The average Bonchev–Trinajstić information content (AvgIpc) is 2.05. The van der Waals surface area contributed by atoms with Gasteiger partial charge in [-0.15, -0.1) is 0 Å². The summed E-state index contributed by atoms with van der Waals surface area (Å²) < 4.78 is 5.14. The topological polar surface area (TPSA) is 46.5 Å². The van der Waals surface area contributed by atoms with Crippen molar-refractivity contribution in [3.63, 3.8) is 0 Å². The second-order valence-corrected chi connectivity index (χ2v) is 2.31. The predicted molar refractivity (Wildman–Crippen MR) is 46.8 cm³/mol. The Morgan fingerprint density at radius 3 is 2.58 bits per heavy atom. The molecule has 1 N–H and O–H groups in total. The van der Waals surface area contributed by atoms with E-state index in [4.69, 9.17) is 9.84 Å². The number of aliphatic carboxylic acids is 1. The number of allylic oxidation sites excluding steroid dienone is 1. The minimum atomic E-state index is -0.934. The molecular weight excluding hydrogens is 156 g/mol. The van der Waals surface area contributed by atoms with E-state index >= 15 is 0 Å². The van der Waals surface area contributed by atoms with Gasteiger partial charge in [0.25, 0.3) is 0 Å². The van der Waals surface area contributed by atoms with Crippen molar-refractivity contribution in [1.82, 2.24) is 0 Å². The normalized spacial score (nSPS) is 11.8. The summed E-state index contributed by atoms with van der Waals surface area (Å²) in [5.41, 5.74) is 0.263. The quantitative estimate of drug-likeness (QED) is 0.389. The van der Waals surface area contributed by atoms with Crippen LogP contribution >= 0.6 is 0 Å². The fourth-order valence-corrected chi connectivity index (χ4v) is 0.754. The van der Waals surface area contributed by atoms with Crippen LogP contribution in [0.25, 0.3) is 0 Å². The molecule has 0 aliphatic heterocycles. The number of hydrogen-bond donors (Lipinski definition) is 1. The van der Waals surface area contributed by atoms with Gasteiger partial charge in [-0.05, 0) is 6.92 Å². The summed E-state index contributed by atoms with van der Waals surface area (Å²) in [5, 5.41) is 8.62. The third-order valence-corrected chi connectivity index (χ3v) is 1.44. The van der Waals surface area contributed by atoms with E-state index in [0.29, 0.717) is 18.8 Å². The van der Waals surface area contributed by atoms with Crippen molar-refractivity contribution in [3.8, 4) is 0 Å². The number of rotatable bonds is 5. The lowest BCUT2D eigenvalue weighted by atomic mass is 10.2. The molecule has 0 radical (unpaired) electrons. The van der Waals surface area contributed by atoms with Crippen LogP contribution in [0.3, 0.4) is 0 Å². The van der Waals surface area contributed by atoms with E-state index in [1.54, 1.807) is 6.08 Å². The Labute approximate surface area is 72.3 Å². The van der Waals surface area contributed by atoms with E-state index in [2.05, 4.69) is 6.58 Å². The molecule has 0 atom stereocenters. The molecule has 0 aromatic rings. The van der Waals surface area contributed by atoms with Gasteiger partial charge in [0.1, 0.15) is 12.4 Å². The van der Waals surface area contributed by atoms with Crippen LogP contribution in [0, 0.1) is 0 Å². The maximum Gasteiger partial charge on any atom is 0.334 e. The van der Waals surface area contributed by atoms with E-state index in [-0.39, 0.29) is 5.57 Å². The molecule has 0 unspecified atom stereocenters. The number of carboxylic acids is 1. The van der Waals surface area contributed by atoms with Gasteiger partial charge < -0.3 is 9.84 Å².